The number of hydrogen-bond donors (Lipinski definition) is 0. The van der Waals surface area contributed by atoms with Gasteiger partial charge in [0.25, 0.3) is 0 Å². The lowest BCUT2D eigenvalue weighted by atomic mass is 9.94. The van der Waals surface area contributed by atoms with E-state index in [9.17, 15) is 4.79 Å². The van der Waals surface area contributed by atoms with Crippen molar-refractivity contribution in [2.45, 2.75) is 38.3 Å². The molecule has 1 aromatic carbocycles. The van der Waals surface area contributed by atoms with E-state index in [-0.39, 0.29) is 0 Å². The summed E-state index contributed by atoms with van der Waals surface area (Å²) in [5.41, 5.74) is 1.38. The van der Waals surface area contributed by atoms with Gasteiger partial charge >= 0.3 is 0 Å². The van der Waals surface area contributed by atoms with Crippen LogP contribution in [0.3, 0.4) is 0 Å². The third-order valence-corrected chi connectivity index (χ3v) is 5.35. The number of carbonyl (C=O) groups excluding carboxylic acids is 1. The molecular formula is C20H31N3O. The summed E-state index contributed by atoms with van der Waals surface area (Å²) in [5, 5.41) is 0. The summed E-state index contributed by atoms with van der Waals surface area (Å²) in [6.45, 7) is 5.14. The Hall–Kier alpha value is -1.39. The van der Waals surface area contributed by atoms with Crippen LogP contribution in [0.15, 0.2) is 30.3 Å². The van der Waals surface area contributed by atoms with Gasteiger partial charge in [0.05, 0.1) is 0 Å². The molecule has 0 spiro atoms. The van der Waals surface area contributed by atoms with Crippen LogP contribution in [-0.4, -0.2) is 66.9 Å². The summed E-state index contributed by atoms with van der Waals surface area (Å²) in [6, 6.07) is 11.1. The molecule has 2 atom stereocenters. The van der Waals surface area contributed by atoms with Crippen LogP contribution in [0.4, 0.5) is 0 Å². The van der Waals surface area contributed by atoms with Gasteiger partial charge in [-0.15, -0.1) is 0 Å². The molecular weight excluding hydrogens is 298 g/mol. The van der Waals surface area contributed by atoms with Crippen molar-refractivity contribution in [3.8, 4) is 0 Å². The Labute approximate surface area is 146 Å². The first-order valence-corrected chi connectivity index (χ1v) is 9.32. The van der Waals surface area contributed by atoms with Crippen molar-refractivity contribution in [2.24, 2.45) is 5.92 Å². The molecule has 0 saturated carbocycles. The second-order valence-electron chi connectivity index (χ2n) is 7.73. The van der Waals surface area contributed by atoms with E-state index in [2.05, 4.69) is 59.1 Å². The van der Waals surface area contributed by atoms with Crippen LogP contribution < -0.4 is 0 Å². The molecule has 0 unspecified atom stereocenters. The van der Waals surface area contributed by atoms with Gasteiger partial charge in [-0.1, -0.05) is 30.3 Å². The topological polar surface area (TPSA) is 26.8 Å². The van der Waals surface area contributed by atoms with E-state index >= 15 is 0 Å². The third-order valence-electron chi connectivity index (χ3n) is 5.35. The van der Waals surface area contributed by atoms with Crippen molar-refractivity contribution < 1.29 is 4.79 Å². The molecule has 4 heteroatoms. The molecule has 0 radical (unpaired) electrons. The molecule has 1 amide bonds. The van der Waals surface area contributed by atoms with Gasteiger partial charge in [-0.05, 0) is 51.4 Å². The molecule has 3 aliphatic heterocycles. The van der Waals surface area contributed by atoms with Crippen molar-refractivity contribution in [1.82, 2.24) is 14.7 Å². The summed E-state index contributed by atoms with van der Waals surface area (Å²) in [4.78, 5) is 19.6. The average Bonchev–Trinajstić information content (AvgIpc) is 2.85. The fourth-order valence-electron chi connectivity index (χ4n) is 4.15. The largest absolute Gasteiger partial charge is 0.338 e. The first-order valence-electron chi connectivity index (χ1n) is 9.32. The van der Waals surface area contributed by atoms with Gasteiger partial charge in [-0.3, -0.25) is 9.69 Å². The quantitative estimate of drug-likeness (QED) is 0.802. The van der Waals surface area contributed by atoms with Gasteiger partial charge in [0.1, 0.15) is 0 Å². The molecule has 3 aliphatic rings. The van der Waals surface area contributed by atoms with Crippen LogP contribution in [-0.2, 0) is 11.3 Å². The maximum Gasteiger partial charge on any atom is 0.222 e. The van der Waals surface area contributed by atoms with Crippen LogP contribution in [0.1, 0.15) is 31.2 Å². The van der Waals surface area contributed by atoms with Crippen LogP contribution in [0.2, 0.25) is 0 Å². The molecule has 3 saturated heterocycles. The summed E-state index contributed by atoms with van der Waals surface area (Å²) in [6.07, 6.45) is 4.11. The number of piperidine rings is 1. The third kappa shape index (κ3) is 4.58. The van der Waals surface area contributed by atoms with E-state index in [1.807, 2.05) is 0 Å². The maximum absolute atomic E-state index is 12.7. The molecule has 0 N–H and O–H groups in total. The number of fused-ring (bicyclic) bond motifs is 4. The van der Waals surface area contributed by atoms with E-state index in [4.69, 9.17) is 0 Å². The second kappa shape index (κ2) is 8.13. The first kappa shape index (κ1) is 17.4. The molecule has 4 rings (SSSR count). The van der Waals surface area contributed by atoms with Gasteiger partial charge < -0.3 is 9.80 Å². The molecule has 0 aliphatic carbocycles. The molecule has 1 aromatic rings. The molecule has 24 heavy (non-hydrogen) atoms. The van der Waals surface area contributed by atoms with E-state index in [1.54, 1.807) is 0 Å². The highest BCUT2D eigenvalue weighted by Crippen LogP contribution is 2.29. The standard InChI is InChI=1S/C20H31N3O/c1-21(2)12-6-9-20(24)23-15-18-10-11-19(23)16-22(14-18)13-17-7-4-3-5-8-17/h3-5,7-8,18-19H,6,9-16H2,1-2H3/t18-,19+/m0/s1. The Morgan fingerprint density at radius 2 is 1.92 bits per heavy atom. The number of rotatable bonds is 6. The van der Waals surface area contributed by atoms with Crippen molar-refractivity contribution in [3.63, 3.8) is 0 Å². The molecule has 132 valence electrons. The van der Waals surface area contributed by atoms with Gasteiger partial charge in [0, 0.05) is 38.6 Å². The predicted molar refractivity (Wildman–Crippen MR) is 97.7 cm³/mol. The highest BCUT2D eigenvalue weighted by molar-refractivity contribution is 5.76. The lowest BCUT2D eigenvalue weighted by Gasteiger charge is -2.36. The lowest BCUT2D eigenvalue weighted by Crippen LogP contribution is -2.47. The molecule has 3 fully saturated rings. The molecule has 2 bridgehead atoms. The summed E-state index contributed by atoms with van der Waals surface area (Å²) < 4.78 is 0. The Morgan fingerprint density at radius 3 is 2.67 bits per heavy atom. The lowest BCUT2D eigenvalue weighted by molar-refractivity contribution is -0.135. The number of nitrogens with zero attached hydrogens (tertiary/aromatic N) is 3. The van der Waals surface area contributed by atoms with Gasteiger partial charge in [0.2, 0.25) is 5.91 Å². The number of amides is 1. The second-order valence-corrected chi connectivity index (χ2v) is 7.73. The number of hydrogen-bond acceptors (Lipinski definition) is 3. The Morgan fingerprint density at radius 1 is 1.12 bits per heavy atom. The van der Waals surface area contributed by atoms with Crippen molar-refractivity contribution >= 4 is 5.91 Å². The fourth-order valence-corrected chi connectivity index (χ4v) is 4.15. The zero-order valence-electron chi connectivity index (χ0n) is 15.2. The fraction of sp³-hybridized carbons (Fsp3) is 0.650. The van der Waals surface area contributed by atoms with Crippen molar-refractivity contribution in [1.29, 1.82) is 0 Å². The van der Waals surface area contributed by atoms with Gasteiger partial charge in [-0.25, -0.2) is 0 Å². The SMILES string of the molecule is CN(C)CCCC(=O)N1C[C@H]2CC[C@@H]1CN(Cc1ccccc1)C2. The van der Waals surface area contributed by atoms with Crippen molar-refractivity contribution in [3.05, 3.63) is 35.9 Å². The highest BCUT2D eigenvalue weighted by Gasteiger charge is 2.36. The Balaban J connectivity index is 1.57. The monoisotopic (exact) mass is 329 g/mol. The predicted octanol–water partition coefficient (Wildman–Crippen LogP) is 2.45. The van der Waals surface area contributed by atoms with Crippen LogP contribution >= 0.6 is 0 Å². The summed E-state index contributed by atoms with van der Waals surface area (Å²) in [5.74, 6) is 1.01. The van der Waals surface area contributed by atoms with Crippen LogP contribution in [0, 0.1) is 5.92 Å². The van der Waals surface area contributed by atoms with E-state index in [1.165, 1.54) is 18.4 Å². The van der Waals surface area contributed by atoms with E-state index in [0.29, 0.717) is 24.3 Å². The Bertz CT molecular complexity index is 531. The minimum absolute atomic E-state index is 0.369. The zero-order chi connectivity index (χ0) is 16.9. The Kier molecular flexibility index (Phi) is 5.90. The van der Waals surface area contributed by atoms with E-state index < -0.39 is 0 Å². The zero-order valence-corrected chi connectivity index (χ0v) is 15.2. The summed E-state index contributed by atoms with van der Waals surface area (Å²) >= 11 is 0. The van der Waals surface area contributed by atoms with Crippen LogP contribution in [0.5, 0.6) is 0 Å². The van der Waals surface area contributed by atoms with Crippen LogP contribution in [0.25, 0.3) is 0 Å². The van der Waals surface area contributed by atoms with Gasteiger partial charge in [0.15, 0.2) is 0 Å². The normalized spacial score (nSPS) is 24.4. The van der Waals surface area contributed by atoms with Gasteiger partial charge in [-0.2, -0.15) is 0 Å². The van der Waals surface area contributed by atoms with Crippen molar-refractivity contribution in [2.75, 3.05) is 40.3 Å². The molecule has 3 heterocycles. The van der Waals surface area contributed by atoms with E-state index in [0.717, 1.165) is 39.1 Å². The minimum Gasteiger partial charge on any atom is -0.338 e. The minimum atomic E-state index is 0.369. The smallest absolute Gasteiger partial charge is 0.222 e. The number of benzene rings is 1. The summed E-state index contributed by atoms with van der Waals surface area (Å²) in [7, 11) is 4.14. The number of carbonyl (C=O) groups is 1. The first-order chi connectivity index (χ1) is 11.6. The molecule has 4 nitrogen and oxygen atoms in total. The maximum atomic E-state index is 12.7. The highest BCUT2D eigenvalue weighted by atomic mass is 16.2. The molecule has 0 aromatic heterocycles. The average molecular weight is 329 g/mol.